The van der Waals surface area contributed by atoms with Crippen LogP contribution in [0.3, 0.4) is 0 Å². The zero-order valence-corrected chi connectivity index (χ0v) is 19.7. The van der Waals surface area contributed by atoms with Crippen molar-refractivity contribution in [1.82, 2.24) is 0 Å². The summed E-state index contributed by atoms with van der Waals surface area (Å²) in [5, 5.41) is 3.10. The van der Waals surface area contributed by atoms with Crippen molar-refractivity contribution in [3.8, 4) is 0 Å². The van der Waals surface area contributed by atoms with E-state index in [2.05, 4.69) is 5.32 Å². The fraction of sp³-hybridized carbons (Fsp3) is 0.167. The van der Waals surface area contributed by atoms with Gasteiger partial charge in [-0.2, -0.15) is 0 Å². The monoisotopic (exact) mass is 486 g/mol. The highest BCUT2D eigenvalue weighted by Crippen LogP contribution is 2.25. The van der Waals surface area contributed by atoms with E-state index in [0.29, 0.717) is 22.0 Å². The summed E-state index contributed by atoms with van der Waals surface area (Å²) < 4.78 is 32.7. The fourth-order valence-electron chi connectivity index (χ4n) is 3.06. The molecule has 3 aromatic rings. The molecule has 0 heterocycles. The number of amides is 1. The maximum Gasteiger partial charge on any atom is 0.338 e. The van der Waals surface area contributed by atoms with Crippen molar-refractivity contribution in [1.29, 1.82) is 0 Å². The normalized spacial score (nSPS) is 11.0. The third-order valence-electron chi connectivity index (χ3n) is 4.76. The van der Waals surface area contributed by atoms with Gasteiger partial charge >= 0.3 is 5.97 Å². The smallest absolute Gasteiger partial charge is 0.338 e. The Morgan fingerprint density at radius 1 is 1.00 bits per heavy atom. The van der Waals surface area contributed by atoms with Crippen LogP contribution < -0.4 is 9.62 Å². The Balaban J connectivity index is 1.90. The molecule has 0 aromatic heterocycles. The molecule has 0 bridgehead atoms. The number of hydrogen-bond acceptors (Lipinski definition) is 5. The van der Waals surface area contributed by atoms with Crippen molar-refractivity contribution >= 4 is 44.9 Å². The molecule has 0 spiro atoms. The van der Waals surface area contributed by atoms with Crippen LogP contribution >= 0.6 is 11.6 Å². The number of benzene rings is 3. The van der Waals surface area contributed by atoms with E-state index in [1.807, 2.05) is 0 Å². The summed E-state index contributed by atoms with van der Waals surface area (Å²) in [7, 11) is -4.06. The second-order valence-corrected chi connectivity index (χ2v) is 9.40. The number of sulfonamides is 1. The van der Waals surface area contributed by atoms with Crippen molar-refractivity contribution in [2.45, 2.75) is 18.7 Å². The zero-order chi connectivity index (χ0) is 24.0. The van der Waals surface area contributed by atoms with E-state index in [1.165, 1.54) is 30.3 Å². The number of nitrogens with zero attached hydrogens (tertiary/aromatic N) is 1. The molecule has 1 amide bonds. The number of anilines is 2. The topological polar surface area (TPSA) is 92.8 Å². The third kappa shape index (κ3) is 5.91. The van der Waals surface area contributed by atoms with Gasteiger partial charge in [0.15, 0.2) is 0 Å². The Kier molecular flexibility index (Phi) is 7.73. The standard InChI is InChI=1S/C24H23ClN2O5S/c1-3-32-24(29)18-10-9-17(2)22(15-18)26-23(28)16-27(20-7-5-4-6-8-20)33(30,31)21-13-11-19(25)12-14-21/h4-15H,3,16H2,1-2H3,(H,26,28). The van der Waals surface area contributed by atoms with Crippen LogP contribution in [0.4, 0.5) is 11.4 Å². The molecule has 0 unspecified atom stereocenters. The van der Waals surface area contributed by atoms with Crippen LogP contribution in [-0.4, -0.2) is 33.4 Å². The average molecular weight is 487 g/mol. The predicted molar refractivity (Wildman–Crippen MR) is 128 cm³/mol. The SMILES string of the molecule is CCOC(=O)c1ccc(C)c(NC(=O)CN(c2ccccc2)S(=O)(=O)c2ccc(Cl)cc2)c1. The summed E-state index contributed by atoms with van der Waals surface area (Å²) >= 11 is 5.90. The van der Waals surface area contributed by atoms with E-state index in [4.69, 9.17) is 16.3 Å². The molecule has 0 aliphatic rings. The van der Waals surface area contributed by atoms with E-state index in [9.17, 15) is 18.0 Å². The largest absolute Gasteiger partial charge is 0.462 e. The number of esters is 1. The van der Waals surface area contributed by atoms with Crippen LogP contribution in [0, 0.1) is 6.92 Å². The minimum atomic E-state index is -4.06. The van der Waals surface area contributed by atoms with Gasteiger partial charge in [-0.15, -0.1) is 0 Å². The van der Waals surface area contributed by atoms with Gasteiger partial charge in [-0.1, -0.05) is 35.9 Å². The minimum Gasteiger partial charge on any atom is -0.462 e. The van der Waals surface area contributed by atoms with Crippen LogP contribution in [0.25, 0.3) is 0 Å². The van der Waals surface area contributed by atoms with Crippen molar-refractivity contribution in [3.63, 3.8) is 0 Å². The van der Waals surface area contributed by atoms with Crippen LogP contribution in [0.15, 0.2) is 77.7 Å². The molecule has 1 N–H and O–H groups in total. The summed E-state index contributed by atoms with van der Waals surface area (Å²) in [4.78, 5) is 25.0. The Morgan fingerprint density at radius 3 is 2.30 bits per heavy atom. The number of carbonyl (C=O) groups excluding carboxylic acids is 2. The first-order valence-corrected chi connectivity index (χ1v) is 11.9. The summed E-state index contributed by atoms with van der Waals surface area (Å²) in [6.45, 7) is 3.22. The summed E-state index contributed by atoms with van der Waals surface area (Å²) in [5.41, 5.74) is 1.72. The van der Waals surface area contributed by atoms with Gasteiger partial charge in [0.25, 0.3) is 10.0 Å². The molecule has 0 fully saturated rings. The van der Waals surface area contributed by atoms with Crippen LogP contribution in [0.5, 0.6) is 0 Å². The van der Waals surface area contributed by atoms with Gasteiger partial charge in [0.1, 0.15) is 6.54 Å². The first-order chi connectivity index (χ1) is 15.7. The quantitative estimate of drug-likeness (QED) is 0.467. The Morgan fingerprint density at radius 2 is 1.67 bits per heavy atom. The molecule has 9 heteroatoms. The summed E-state index contributed by atoms with van der Waals surface area (Å²) in [6, 6.07) is 18.8. The molecule has 0 saturated carbocycles. The Bertz CT molecular complexity index is 1250. The van der Waals surface area contributed by atoms with Crippen LogP contribution in [-0.2, 0) is 19.6 Å². The molecule has 172 valence electrons. The predicted octanol–water partition coefficient (Wildman–Crippen LogP) is 4.66. The fourth-order valence-corrected chi connectivity index (χ4v) is 4.61. The lowest BCUT2D eigenvalue weighted by molar-refractivity contribution is -0.114. The van der Waals surface area contributed by atoms with E-state index in [-0.39, 0.29) is 17.1 Å². The maximum atomic E-state index is 13.4. The second-order valence-electron chi connectivity index (χ2n) is 7.10. The lowest BCUT2D eigenvalue weighted by Crippen LogP contribution is -2.38. The molecule has 0 aliphatic heterocycles. The number of ether oxygens (including phenoxy) is 1. The number of rotatable bonds is 8. The molecule has 33 heavy (non-hydrogen) atoms. The zero-order valence-electron chi connectivity index (χ0n) is 18.1. The van der Waals surface area contributed by atoms with E-state index >= 15 is 0 Å². The third-order valence-corrected chi connectivity index (χ3v) is 6.80. The van der Waals surface area contributed by atoms with Gasteiger partial charge < -0.3 is 10.1 Å². The number of carbonyl (C=O) groups is 2. The second kappa shape index (κ2) is 10.5. The van der Waals surface area contributed by atoms with E-state index < -0.39 is 28.4 Å². The molecule has 0 saturated heterocycles. The minimum absolute atomic E-state index is 0.00374. The van der Waals surface area contributed by atoms with Gasteiger partial charge in [0.05, 0.1) is 22.8 Å². The highest BCUT2D eigenvalue weighted by Gasteiger charge is 2.27. The highest BCUT2D eigenvalue weighted by atomic mass is 35.5. The Labute approximate surface area is 198 Å². The molecule has 7 nitrogen and oxygen atoms in total. The van der Waals surface area contributed by atoms with Gasteiger partial charge in [0.2, 0.25) is 5.91 Å². The van der Waals surface area contributed by atoms with Gasteiger partial charge in [-0.05, 0) is 67.9 Å². The molecular formula is C24H23ClN2O5S. The molecule has 0 atom stereocenters. The van der Waals surface area contributed by atoms with Crippen LogP contribution in [0.1, 0.15) is 22.8 Å². The first-order valence-electron chi connectivity index (χ1n) is 10.1. The van der Waals surface area contributed by atoms with Crippen molar-refractivity contribution in [3.05, 3.63) is 88.9 Å². The lowest BCUT2D eigenvalue weighted by atomic mass is 10.1. The van der Waals surface area contributed by atoms with Gasteiger partial charge in [0, 0.05) is 10.7 Å². The van der Waals surface area contributed by atoms with Crippen molar-refractivity contribution in [2.24, 2.45) is 0 Å². The number of para-hydroxylation sites is 1. The molecule has 0 aliphatic carbocycles. The van der Waals surface area contributed by atoms with Crippen molar-refractivity contribution in [2.75, 3.05) is 22.8 Å². The molecular weight excluding hydrogens is 464 g/mol. The maximum absolute atomic E-state index is 13.4. The molecule has 3 rings (SSSR count). The first kappa shape index (κ1) is 24.3. The van der Waals surface area contributed by atoms with Crippen LogP contribution in [0.2, 0.25) is 5.02 Å². The van der Waals surface area contributed by atoms with Gasteiger partial charge in [-0.25, -0.2) is 13.2 Å². The number of aryl methyl sites for hydroxylation is 1. The van der Waals surface area contributed by atoms with Crippen molar-refractivity contribution < 1.29 is 22.7 Å². The number of hydrogen-bond donors (Lipinski definition) is 1. The summed E-state index contributed by atoms with van der Waals surface area (Å²) in [6.07, 6.45) is 0. The lowest BCUT2D eigenvalue weighted by Gasteiger charge is -2.24. The van der Waals surface area contributed by atoms with E-state index in [0.717, 1.165) is 4.31 Å². The summed E-state index contributed by atoms with van der Waals surface area (Å²) in [5.74, 6) is -1.08. The molecule has 0 radical (unpaired) electrons. The van der Waals surface area contributed by atoms with Gasteiger partial charge in [-0.3, -0.25) is 9.10 Å². The number of nitrogens with one attached hydrogen (secondary N) is 1. The average Bonchev–Trinajstić information content (AvgIpc) is 2.80. The van der Waals surface area contributed by atoms with E-state index in [1.54, 1.807) is 56.3 Å². The number of halogens is 1. The highest BCUT2D eigenvalue weighted by molar-refractivity contribution is 7.92. The Hall–Kier alpha value is -3.36. The molecule has 3 aromatic carbocycles.